The van der Waals surface area contributed by atoms with E-state index >= 15 is 0 Å². The van der Waals surface area contributed by atoms with Crippen LogP contribution < -0.4 is 0 Å². The largest absolute Gasteiger partial charge is 0.512 e. The van der Waals surface area contributed by atoms with Crippen molar-refractivity contribution in [3.63, 3.8) is 0 Å². The molecule has 0 unspecified atom stereocenters. The first-order chi connectivity index (χ1) is 16.3. The number of halogens is 4. The van der Waals surface area contributed by atoms with Crippen LogP contribution in [0.2, 0.25) is 0 Å². The van der Waals surface area contributed by atoms with Gasteiger partial charge in [-0.1, -0.05) is 46.5 Å². The fraction of sp³-hybridized carbons (Fsp3) is 0.0769. The minimum Gasteiger partial charge on any atom is -0.512 e. The van der Waals surface area contributed by atoms with Crippen molar-refractivity contribution in [3.05, 3.63) is 121 Å². The smallest absolute Gasteiger partial charge is 0.0408 e. The van der Waals surface area contributed by atoms with Crippen molar-refractivity contribution in [1.29, 1.82) is 10.5 Å². The summed E-state index contributed by atoms with van der Waals surface area (Å²) in [6, 6.07) is 16.0. The summed E-state index contributed by atoms with van der Waals surface area (Å²) in [6.07, 6.45) is 3.17. The van der Waals surface area contributed by atoms with Gasteiger partial charge in [-0.15, -0.1) is 24.3 Å². The molecular formula is C26H16F4IrN4-4. The van der Waals surface area contributed by atoms with E-state index in [1.807, 2.05) is 26.0 Å². The van der Waals surface area contributed by atoms with Crippen LogP contribution in [0.4, 0.5) is 17.6 Å². The van der Waals surface area contributed by atoms with Crippen molar-refractivity contribution in [2.24, 2.45) is 0 Å². The summed E-state index contributed by atoms with van der Waals surface area (Å²) in [4.78, 5) is 8.01. The van der Waals surface area contributed by atoms with E-state index in [-0.39, 0.29) is 31.2 Å². The topological polar surface area (TPSA) is 73.4 Å². The Morgan fingerprint density at radius 1 is 0.657 bits per heavy atom. The molecule has 0 spiro atoms. The zero-order valence-electron chi connectivity index (χ0n) is 18.4. The van der Waals surface area contributed by atoms with Crippen LogP contribution in [0.3, 0.4) is 0 Å². The number of benzene rings is 2. The van der Waals surface area contributed by atoms with Crippen LogP contribution in [-0.4, -0.2) is 9.97 Å². The van der Waals surface area contributed by atoms with E-state index < -0.39 is 23.3 Å². The summed E-state index contributed by atoms with van der Waals surface area (Å²) in [5.74, 6) is -2.56. The summed E-state index contributed by atoms with van der Waals surface area (Å²) in [6.45, 7) is 13.3. The van der Waals surface area contributed by atoms with Gasteiger partial charge in [0.15, 0.2) is 0 Å². The van der Waals surface area contributed by atoms with Gasteiger partial charge in [-0.2, -0.15) is 0 Å². The zero-order valence-corrected chi connectivity index (χ0v) is 20.8. The quantitative estimate of drug-likeness (QED) is 0.184. The second-order valence-corrected chi connectivity index (χ2v) is 6.52. The molecule has 4 aromatic rings. The molecular weight excluding hydrogens is 637 g/mol. The first kappa shape index (κ1) is 31.1. The number of rotatable bonds is 2. The molecule has 0 bridgehead atoms. The molecule has 181 valence electrons. The van der Waals surface area contributed by atoms with E-state index in [2.05, 4.69) is 22.1 Å². The Morgan fingerprint density at radius 3 is 1.29 bits per heavy atom. The van der Waals surface area contributed by atoms with Crippen LogP contribution >= 0.6 is 0 Å². The molecule has 2 aromatic carbocycles. The summed E-state index contributed by atoms with van der Waals surface area (Å²) in [7, 11) is 0. The fourth-order valence-electron chi connectivity index (χ4n) is 2.63. The van der Waals surface area contributed by atoms with Crippen molar-refractivity contribution < 1.29 is 37.7 Å². The molecule has 0 aliphatic rings. The predicted octanol–water partition coefficient (Wildman–Crippen LogP) is 6.46. The van der Waals surface area contributed by atoms with Crippen LogP contribution in [0.15, 0.2) is 60.9 Å². The van der Waals surface area contributed by atoms with Crippen LogP contribution in [-0.2, 0) is 20.1 Å². The minimum absolute atomic E-state index is 0. The second-order valence-electron chi connectivity index (χ2n) is 6.52. The SMILES string of the molecule is Cc1ccnc(-c2[c-]cc(F)cc2F)c1.Cc1ccnc(-c2[c-]cc(F)cc2F)c1.[C-]#N.[C-]#N.[Ir]. The van der Waals surface area contributed by atoms with E-state index in [0.29, 0.717) is 11.4 Å². The van der Waals surface area contributed by atoms with E-state index in [4.69, 9.17) is 23.7 Å². The molecule has 0 aliphatic heterocycles. The van der Waals surface area contributed by atoms with E-state index in [1.54, 1.807) is 24.5 Å². The zero-order chi connectivity index (χ0) is 25.7. The summed E-state index contributed by atoms with van der Waals surface area (Å²) in [5.41, 5.74) is 3.26. The number of hydrogen-bond donors (Lipinski definition) is 0. The van der Waals surface area contributed by atoms with Crippen molar-refractivity contribution in [2.75, 3.05) is 0 Å². The predicted molar refractivity (Wildman–Crippen MR) is 116 cm³/mol. The number of nitrogens with zero attached hydrogens (tertiary/aromatic N) is 4. The average Bonchev–Trinajstić information content (AvgIpc) is 2.82. The molecule has 0 fully saturated rings. The molecule has 0 saturated carbocycles. The maximum atomic E-state index is 13.4. The number of aromatic nitrogens is 2. The molecule has 0 saturated heterocycles. The van der Waals surface area contributed by atoms with Gasteiger partial charge < -0.3 is 33.6 Å². The first-order valence-electron chi connectivity index (χ1n) is 9.37. The summed E-state index contributed by atoms with van der Waals surface area (Å²) < 4.78 is 52.0. The number of hydrogen-bond acceptors (Lipinski definition) is 4. The molecule has 2 aromatic heterocycles. The molecule has 1 radical (unpaired) electrons. The summed E-state index contributed by atoms with van der Waals surface area (Å²) >= 11 is 0. The van der Waals surface area contributed by atoms with Crippen molar-refractivity contribution in [2.45, 2.75) is 13.8 Å². The molecule has 4 nitrogen and oxygen atoms in total. The van der Waals surface area contributed by atoms with Gasteiger partial charge in [-0.3, -0.25) is 17.6 Å². The third-order valence-electron chi connectivity index (χ3n) is 4.06. The fourth-order valence-corrected chi connectivity index (χ4v) is 2.63. The maximum Gasteiger partial charge on any atom is 0.0408 e. The van der Waals surface area contributed by atoms with E-state index in [0.717, 1.165) is 35.4 Å². The normalized spacial score (nSPS) is 8.97. The Bertz CT molecular complexity index is 1180. The first-order valence-corrected chi connectivity index (χ1v) is 9.37. The number of aryl methyl sites for hydroxylation is 2. The molecule has 4 rings (SSSR count). The molecule has 35 heavy (non-hydrogen) atoms. The van der Waals surface area contributed by atoms with Gasteiger partial charge in [0.05, 0.1) is 0 Å². The third-order valence-corrected chi connectivity index (χ3v) is 4.06. The Morgan fingerprint density at radius 2 is 1.00 bits per heavy atom. The minimum atomic E-state index is -0.645. The van der Waals surface area contributed by atoms with E-state index in [1.165, 1.54) is 0 Å². The van der Waals surface area contributed by atoms with Crippen LogP contribution in [0.25, 0.3) is 22.5 Å². The molecule has 0 amide bonds. The van der Waals surface area contributed by atoms with Crippen molar-refractivity contribution >= 4 is 0 Å². The van der Waals surface area contributed by atoms with Gasteiger partial charge >= 0.3 is 0 Å². The number of pyridine rings is 2. The third kappa shape index (κ3) is 9.46. The Kier molecular flexibility index (Phi) is 14.1. The standard InChI is InChI=1S/2C12H8F2N.2CN.Ir/c2*1-8-4-5-15-12(6-8)10-3-2-9(13)7-11(10)14;2*1-2;/h2*2,4-7H,1H3;;;/q4*-1;. The van der Waals surface area contributed by atoms with Crippen molar-refractivity contribution in [1.82, 2.24) is 9.97 Å². The van der Waals surface area contributed by atoms with Gasteiger partial charge in [0.2, 0.25) is 0 Å². The molecule has 2 heterocycles. The van der Waals surface area contributed by atoms with Crippen molar-refractivity contribution in [3.8, 4) is 22.5 Å². The maximum absolute atomic E-state index is 13.4. The van der Waals surface area contributed by atoms with Gasteiger partial charge in [-0.05, 0) is 37.4 Å². The van der Waals surface area contributed by atoms with Gasteiger partial charge in [0.1, 0.15) is 0 Å². The van der Waals surface area contributed by atoms with E-state index in [9.17, 15) is 17.6 Å². The average molecular weight is 653 g/mol. The Hall–Kier alpha value is -3.91. The molecule has 0 aliphatic carbocycles. The molecule has 0 atom stereocenters. The van der Waals surface area contributed by atoms with Gasteiger partial charge in [0, 0.05) is 55.8 Å². The second kappa shape index (κ2) is 15.8. The van der Waals surface area contributed by atoms with Crippen LogP contribution in [0, 0.1) is 72.9 Å². The van der Waals surface area contributed by atoms with Gasteiger partial charge in [-0.25, -0.2) is 0 Å². The summed E-state index contributed by atoms with van der Waals surface area (Å²) in [5, 5.41) is 12.5. The molecule has 9 heteroatoms. The van der Waals surface area contributed by atoms with Gasteiger partial charge in [0.25, 0.3) is 0 Å². The Balaban J connectivity index is 0.000000565. The molecule has 0 N–H and O–H groups in total. The monoisotopic (exact) mass is 653 g/mol. The van der Waals surface area contributed by atoms with Crippen LogP contribution in [0.1, 0.15) is 11.1 Å². The van der Waals surface area contributed by atoms with Crippen LogP contribution in [0.5, 0.6) is 0 Å². The Labute approximate surface area is 214 Å².